The van der Waals surface area contributed by atoms with E-state index in [0.717, 1.165) is 22.6 Å². The number of ether oxygens (including phenoxy) is 1. The van der Waals surface area contributed by atoms with Gasteiger partial charge in [-0.15, -0.1) is 0 Å². The van der Waals surface area contributed by atoms with Crippen LogP contribution in [0.4, 0.5) is 5.82 Å². The van der Waals surface area contributed by atoms with Crippen LogP contribution in [0.1, 0.15) is 5.69 Å². The standard InChI is InChI=1S/C15H16N4O2/c1-11-13-14(16-10-17-15(13)21-18-11)19(2)8-9-20-12-6-4-3-5-7-12/h3-7,10H,8-9H2,1-2H3. The van der Waals surface area contributed by atoms with Gasteiger partial charge in [0.1, 0.15) is 29.9 Å². The average molecular weight is 284 g/mol. The fourth-order valence-corrected chi connectivity index (χ4v) is 2.12. The van der Waals surface area contributed by atoms with Crippen LogP contribution in [0.15, 0.2) is 41.2 Å². The van der Waals surface area contributed by atoms with E-state index in [0.29, 0.717) is 18.9 Å². The summed E-state index contributed by atoms with van der Waals surface area (Å²) in [4.78, 5) is 10.4. The smallest absolute Gasteiger partial charge is 0.263 e. The summed E-state index contributed by atoms with van der Waals surface area (Å²) in [7, 11) is 1.96. The van der Waals surface area contributed by atoms with E-state index in [1.165, 1.54) is 6.33 Å². The third-order valence-electron chi connectivity index (χ3n) is 3.22. The van der Waals surface area contributed by atoms with Gasteiger partial charge in [-0.3, -0.25) is 0 Å². The summed E-state index contributed by atoms with van der Waals surface area (Å²) in [6, 6.07) is 9.74. The summed E-state index contributed by atoms with van der Waals surface area (Å²) in [5, 5.41) is 4.78. The maximum atomic E-state index is 5.70. The number of hydrogen-bond acceptors (Lipinski definition) is 6. The number of anilines is 1. The molecule has 0 saturated heterocycles. The van der Waals surface area contributed by atoms with Gasteiger partial charge in [0.15, 0.2) is 0 Å². The number of para-hydroxylation sites is 1. The first-order valence-corrected chi connectivity index (χ1v) is 6.71. The van der Waals surface area contributed by atoms with Crippen LogP contribution in [0, 0.1) is 6.92 Å². The van der Waals surface area contributed by atoms with E-state index >= 15 is 0 Å². The molecule has 21 heavy (non-hydrogen) atoms. The molecule has 2 aromatic heterocycles. The first-order valence-electron chi connectivity index (χ1n) is 6.71. The largest absolute Gasteiger partial charge is 0.492 e. The highest BCUT2D eigenvalue weighted by molar-refractivity contribution is 5.87. The summed E-state index contributed by atoms with van der Waals surface area (Å²) in [5.74, 6) is 1.66. The van der Waals surface area contributed by atoms with E-state index < -0.39 is 0 Å². The molecular weight excluding hydrogens is 268 g/mol. The molecule has 3 aromatic rings. The van der Waals surface area contributed by atoms with Crippen LogP contribution >= 0.6 is 0 Å². The van der Waals surface area contributed by atoms with Crippen molar-refractivity contribution in [3.05, 3.63) is 42.4 Å². The third kappa shape index (κ3) is 2.79. The zero-order chi connectivity index (χ0) is 14.7. The van der Waals surface area contributed by atoms with Gasteiger partial charge >= 0.3 is 0 Å². The predicted octanol–water partition coefficient (Wildman–Crippen LogP) is 2.44. The molecule has 0 aliphatic rings. The molecule has 0 unspecified atom stereocenters. The first-order chi connectivity index (χ1) is 10.3. The van der Waals surface area contributed by atoms with E-state index in [1.807, 2.05) is 49.2 Å². The van der Waals surface area contributed by atoms with Gasteiger partial charge in [-0.25, -0.2) is 4.98 Å². The molecule has 0 bridgehead atoms. The van der Waals surface area contributed by atoms with Crippen LogP contribution in [0.3, 0.4) is 0 Å². The number of rotatable bonds is 5. The Morgan fingerprint density at radius 1 is 1.19 bits per heavy atom. The molecule has 0 saturated carbocycles. The molecule has 0 aliphatic carbocycles. The molecule has 1 aromatic carbocycles. The quantitative estimate of drug-likeness (QED) is 0.717. The monoisotopic (exact) mass is 284 g/mol. The lowest BCUT2D eigenvalue weighted by atomic mass is 10.3. The van der Waals surface area contributed by atoms with Gasteiger partial charge < -0.3 is 14.2 Å². The molecule has 0 fully saturated rings. The van der Waals surface area contributed by atoms with Crippen molar-refractivity contribution in [2.75, 3.05) is 25.1 Å². The SMILES string of the molecule is Cc1noc2ncnc(N(C)CCOc3ccccc3)c12. The van der Waals surface area contributed by atoms with Crippen LogP contribution in [0.5, 0.6) is 5.75 Å². The van der Waals surface area contributed by atoms with Gasteiger partial charge in [-0.2, -0.15) is 4.98 Å². The summed E-state index contributed by atoms with van der Waals surface area (Å²) in [6.07, 6.45) is 1.48. The van der Waals surface area contributed by atoms with E-state index in [4.69, 9.17) is 9.26 Å². The van der Waals surface area contributed by atoms with Crippen molar-refractivity contribution < 1.29 is 9.26 Å². The van der Waals surface area contributed by atoms with Crippen molar-refractivity contribution >= 4 is 16.9 Å². The molecule has 3 rings (SSSR count). The molecule has 0 atom stereocenters. The Morgan fingerprint density at radius 3 is 2.81 bits per heavy atom. The van der Waals surface area contributed by atoms with Crippen LogP contribution < -0.4 is 9.64 Å². The fraction of sp³-hybridized carbons (Fsp3) is 0.267. The molecule has 0 amide bonds. The predicted molar refractivity (Wildman–Crippen MR) is 79.5 cm³/mol. The molecule has 108 valence electrons. The maximum absolute atomic E-state index is 5.70. The lowest BCUT2D eigenvalue weighted by Gasteiger charge is -2.18. The molecule has 6 heteroatoms. The Kier molecular flexibility index (Phi) is 3.68. The summed E-state index contributed by atoms with van der Waals surface area (Å²) >= 11 is 0. The van der Waals surface area contributed by atoms with Crippen LogP contribution in [0.25, 0.3) is 11.1 Å². The highest BCUT2D eigenvalue weighted by atomic mass is 16.5. The van der Waals surface area contributed by atoms with Gasteiger partial charge in [0.05, 0.1) is 12.2 Å². The Bertz CT molecular complexity index is 727. The Morgan fingerprint density at radius 2 is 2.00 bits per heavy atom. The Balaban J connectivity index is 1.70. The zero-order valence-electron chi connectivity index (χ0n) is 12.0. The minimum Gasteiger partial charge on any atom is -0.492 e. The summed E-state index contributed by atoms with van der Waals surface area (Å²) in [5.41, 5.74) is 1.30. The van der Waals surface area contributed by atoms with E-state index in [1.54, 1.807) is 0 Å². The molecule has 0 N–H and O–H groups in total. The number of likely N-dealkylation sites (N-methyl/N-ethyl adjacent to an activating group) is 1. The number of hydrogen-bond donors (Lipinski definition) is 0. The highest BCUT2D eigenvalue weighted by Crippen LogP contribution is 2.24. The summed E-state index contributed by atoms with van der Waals surface area (Å²) < 4.78 is 10.9. The second-order valence-corrected chi connectivity index (χ2v) is 4.73. The first kappa shape index (κ1) is 13.4. The number of nitrogens with zero attached hydrogens (tertiary/aromatic N) is 4. The molecule has 0 radical (unpaired) electrons. The minimum atomic E-state index is 0.508. The second-order valence-electron chi connectivity index (χ2n) is 4.73. The minimum absolute atomic E-state index is 0.508. The molecule has 6 nitrogen and oxygen atoms in total. The summed E-state index contributed by atoms with van der Waals surface area (Å²) in [6.45, 7) is 3.15. The van der Waals surface area contributed by atoms with Gasteiger partial charge in [0.25, 0.3) is 5.71 Å². The van der Waals surface area contributed by atoms with Crippen LogP contribution in [-0.4, -0.2) is 35.3 Å². The van der Waals surface area contributed by atoms with Crippen LogP contribution in [0.2, 0.25) is 0 Å². The number of fused-ring (bicyclic) bond motifs is 1. The van der Waals surface area contributed by atoms with Crippen molar-refractivity contribution in [3.63, 3.8) is 0 Å². The van der Waals surface area contributed by atoms with Crippen molar-refractivity contribution in [1.29, 1.82) is 0 Å². The molecule has 0 aliphatic heterocycles. The van der Waals surface area contributed by atoms with Crippen molar-refractivity contribution in [2.24, 2.45) is 0 Å². The third-order valence-corrected chi connectivity index (χ3v) is 3.22. The van der Waals surface area contributed by atoms with Gasteiger partial charge in [0, 0.05) is 7.05 Å². The van der Waals surface area contributed by atoms with Gasteiger partial charge in [-0.1, -0.05) is 23.4 Å². The average Bonchev–Trinajstić information content (AvgIpc) is 2.90. The van der Waals surface area contributed by atoms with E-state index in [9.17, 15) is 0 Å². The number of benzene rings is 1. The van der Waals surface area contributed by atoms with E-state index in [-0.39, 0.29) is 0 Å². The number of aromatic nitrogens is 3. The molecular formula is C15H16N4O2. The normalized spacial score (nSPS) is 10.8. The highest BCUT2D eigenvalue weighted by Gasteiger charge is 2.15. The second kappa shape index (κ2) is 5.78. The Labute approximate surface area is 122 Å². The van der Waals surface area contributed by atoms with Crippen molar-refractivity contribution in [3.8, 4) is 5.75 Å². The maximum Gasteiger partial charge on any atom is 0.263 e. The number of aryl methyl sites for hydroxylation is 1. The lowest BCUT2D eigenvalue weighted by Crippen LogP contribution is -2.25. The van der Waals surface area contributed by atoms with E-state index in [2.05, 4.69) is 15.1 Å². The molecule has 0 spiro atoms. The lowest BCUT2D eigenvalue weighted by molar-refractivity contribution is 0.326. The molecule has 2 heterocycles. The van der Waals surface area contributed by atoms with Gasteiger partial charge in [-0.05, 0) is 19.1 Å². The zero-order valence-corrected chi connectivity index (χ0v) is 12.0. The van der Waals surface area contributed by atoms with Crippen molar-refractivity contribution in [1.82, 2.24) is 15.1 Å². The van der Waals surface area contributed by atoms with Gasteiger partial charge in [0.2, 0.25) is 0 Å². The topological polar surface area (TPSA) is 64.3 Å². The Hall–Kier alpha value is -2.63. The van der Waals surface area contributed by atoms with Crippen molar-refractivity contribution in [2.45, 2.75) is 6.92 Å². The fourth-order valence-electron chi connectivity index (χ4n) is 2.12. The van der Waals surface area contributed by atoms with Crippen LogP contribution in [-0.2, 0) is 0 Å².